The number of hydrogen-bond acceptors (Lipinski definition) is 4. The molecule has 0 saturated heterocycles. The van der Waals surface area contributed by atoms with Gasteiger partial charge in [0.1, 0.15) is 17.0 Å². The van der Waals surface area contributed by atoms with Crippen LogP contribution in [0.15, 0.2) is 22.6 Å². The highest BCUT2D eigenvalue weighted by molar-refractivity contribution is 6.20. The Kier molecular flexibility index (Phi) is 3.76. The zero-order valence-corrected chi connectivity index (χ0v) is 10.2. The number of aromatic nitrogens is 2. The van der Waals surface area contributed by atoms with E-state index in [9.17, 15) is 8.78 Å². The fourth-order valence-electron chi connectivity index (χ4n) is 1.32. The van der Waals surface area contributed by atoms with Crippen LogP contribution >= 0.6 is 11.6 Å². The Balaban J connectivity index is 2.04. The highest BCUT2D eigenvalue weighted by Crippen LogP contribution is 2.19. The second-order valence-electron chi connectivity index (χ2n) is 3.65. The SMILES string of the molecule is CC(Cl)c1nnc(NCc2cc(F)ccc2F)o1. The van der Waals surface area contributed by atoms with Crippen LogP contribution in [0.2, 0.25) is 0 Å². The summed E-state index contributed by atoms with van der Waals surface area (Å²) >= 11 is 5.75. The molecule has 0 aliphatic heterocycles. The molecule has 2 aromatic rings. The minimum atomic E-state index is -0.506. The molecule has 2 rings (SSSR count). The summed E-state index contributed by atoms with van der Waals surface area (Å²) in [4.78, 5) is 0. The molecule has 1 heterocycles. The van der Waals surface area contributed by atoms with Crippen molar-refractivity contribution in [3.63, 3.8) is 0 Å². The van der Waals surface area contributed by atoms with E-state index in [4.69, 9.17) is 16.0 Å². The topological polar surface area (TPSA) is 51.0 Å². The van der Waals surface area contributed by atoms with E-state index in [1.165, 1.54) is 0 Å². The Bertz CT molecular complexity index is 545. The van der Waals surface area contributed by atoms with Crippen LogP contribution in [0.1, 0.15) is 23.8 Å². The third-order valence-electron chi connectivity index (χ3n) is 2.22. The molecule has 0 saturated carbocycles. The number of benzene rings is 1. The van der Waals surface area contributed by atoms with Gasteiger partial charge in [-0.3, -0.25) is 0 Å². The highest BCUT2D eigenvalue weighted by atomic mass is 35.5. The second kappa shape index (κ2) is 5.30. The lowest BCUT2D eigenvalue weighted by Gasteiger charge is -2.03. The first kappa shape index (κ1) is 12.8. The molecule has 1 N–H and O–H groups in total. The van der Waals surface area contributed by atoms with Gasteiger partial charge in [0.15, 0.2) is 0 Å². The third-order valence-corrected chi connectivity index (χ3v) is 2.41. The fourth-order valence-corrected chi connectivity index (χ4v) is 1.40. The van der Waals surface area contributed by atoms with E-state index in [-0.39, 0.29) is 24.0 Å². The maximum Gasteiger partial charge on any atom is 0.315 e. The molecule has 0 spiro atoms. The molecule has 0 radical (unpaired) electrons. The van der Waals surface area contributed by atoms with Gasteiger partial charge in [-0.1, -0.05) is 5.10 Å². The number of hydrogen-bond donors (Lipinski definition) is 1. The van der Waals surface area contributed by atoms with E-state index < -0.39 is 17.0 Å². The Labute approximate surface area is 107 Å². The largest absolute Gasteiger partial charge is 0.406 e. The van der Waals surface area contributed by atoms with Crippen molar-refractivity contribution in [2.24, 2.45) is 0 Å². The number of anilines is 1. The normalized spacial score (nSPS) is 12.4. The standard InChI is InChI=1S/C11H10ClF2N3O/c1-6(12)10-16-17-11(18-10)15-5-7-4-8(13)2-3-9(7)14/h2-4,6H,5H2,1H3,(H,15,17). The molecule has 1 aromatic carbocycles. The third kappa shape index (κ3) is 2.95. The number of halogens is 3. The Morgan fingerprint density at radius 2 is 2.17 bits per heavy atom. The zero-order chi connectivity index (χ0) is 13.1. The van der Waals surface area contributed by atoms with E-state index in [2.05, 4.69) is 15.5 Å². The zero-order valence-electron chi connectivity index (χ0n) is 9.45. The van der Waals surface area contributed by atoms with Crippen molar-refractivity contribution in [3.8, 4) is 0 Å². The van der Waals surface area contributed by atoms with Gasteiger partial charge in [-0.05, 0) is 25.1 Å². The van der Waals surface area contributed by atoms with E-state index in [1.807, 2.05) is 0 Å². The van der Waals surface area contributed by atoms with Gasteiger partial charge in [-0.15, -0.1) is 16.7 Å². The van der Waals surface area contributed by atoms with Crippen molar-refractivity contribution < 1.29 is 13.2 Å². The summed E-state index contributed by atoms with van der Waals surface area (Å²) in [7, 11) is 0. The molecule has 0 fully saturated rings. The predicted octanol–water partition coefficient (Wildman–Crippen LogP) is 3.26. The van der Waals surface area contributed by atoms with E-state index in [1.54, 1.807) is 6.92 Å². The molecule has 1 aromatic heterocycles. The lowest BCUT2D eigenvalue weighted by molar-refractivity contribution is 0.504. The summed E-state index contributed by atoms with van der Waals surface area (Å²) < 4.78 is 31.4. The van der Waals surface area contributed by atoms with E-state index in [0.717, 1.165) is 18.2 Å². The molecule has 18 heavy (non-hydrogen) atoms. The minimum absolute atomic E-state index is 0.0435. The van der Waals surface area contributed by atoms with Gasteiger partial charge in [-0.25, -0.2) is 8.78 Å². The first-order valence-corrected chi connectivity index (χ1v) is 5.65. The van der Waals surface area contributed by atoms with Gasteiger partial charge < -0.3 is 9.73 Å². The number of nitrogens with one attached hydrogen (secondary N) is 1. The van der Waals surface area contributed by atoms with Crippen molar-refractivity contribution in [2.75, 3.05) is 5.32 Å². The van der Waals surface area contributed by atoms with Gasteiger partial charge in [0, 0.05) is 12.1 Å². The van der Waals surface area contributed by atoms with Gasteiger partial charge in [0.2, 0.25) is 5.89 Å². The molecule has 1 atom stereocenters. The van der Waals surface area contributed by atoms with Crippen LogP contribution < -0.4 is 5.32 Å². The summed E-state index contributed by atoms with van der Waals surface area (Å²) in [5, 5.41) is 9.66. The highest BCUT2D eigenvalue weighted by Gasteiger charge is 2.11. The molecule has 7 heteroatoms. The van der Waals surface area contributed by atoms with Gasteiger partial charge in [0.05, 0.1) is 0 Å². The van der Waals surface area contributed by atoms with Crippen molar-refractivity contribution in [2.45, 2.75) is 18.8 Å². The Morgan fingerprint density at radius 3 is 2.83 bits per heavy atom. The molecule has 0 aliphatic rings. The van der Waals surface area contributed by atoms with Crippen LogP contribution in [-0.2, 0) is 6.54 Å². The molecular formula is C11H10ClF2N3O. The molecule has 1 unspecified atom stereocenters. The van der Waals surface area contributed by atoms with Crippen molar-refractivity contribution >= 4 is 17.6 Å². The van der Waals surface area contributed by atoms with Crippen molar-refractivity contribution in [1.29, 1.82) is 0 Å². The van der Waals surface area contributed by atoms with Gasteiger partial charge in [-0.2, -0.15) is 0 Å². The number of alkyl halides is 1. The summed E-state index contributed by atoms with van der Waals surface area (Å²) in [6.07, 6.45) is 0. The minimum Gasteiger partial charge on any atom is -0.406 e. The van der Waals surface area contributed by atoms with Gasteiger partial charge >= 0.3 is 6.01 Å². The molecular weight excluding hydrogens is 264 g/mol. The van der Waals surface area contributed by atoms with Crippen LogP contribution in [0.3, 0.4) is 0 Å². The van der Waals surface area contributed by atoms with E-state index in [0.29, 0.717) is 0 Å². The van der Waals surface area contributed by atoms with Crippen LogP contribution in [-0.4, -0.2) is 10.2 Å². The molecule has 0 aliphatic carbocycles. The van der Waals surface area contributed by atoms with Crippen LogP contribution in [0.25, 0.3) is 0 Å². The lowest BCUT2D eigenvalue weighted by atomic mass is 10.2. The van der Waals surface area contributed by atoms with Crippen molar-refractivity contribution in [1.82, 2.24) is 10.2 Å². The lowest BCUT2D eigenvalue weighted by Crippen LogP contribution is -2.02. The van der Waals surface area contributed by atoms with Crippen molar-refractivity contribution in [3.05, 3.63) is 41.3 Å². The van der Waals surface area contributed by atoms with Gasteiger partial charge in [0.25, 0.3) is 0 Å². The van der Waals surface area contributed by atoms with E-state index >= 15 is 0 Å². The summed E-state index contributed by atoms with van der Waals surface area (Å²) in [6, 6.07) is 3.33. The molecule has 0 amide bonds. The number of rotatable bonds is 4. The monoisotopic (exact) mass is 273 g/mol. The first-order chi connectivity index (χ1) is 8.56. The second-order valence-corrected chi connectivity index (χ2v) is 4.31. The molecule has 4 nitrogen and oxygen atoms in total. The maximum atomic E-state index is 13.3. The summed E-state index contributed by atoms with van der Waals surface area (Å²) in [5.41, 5.74) is 0.175. The van der Waals surface area contributed by atoms with Crippen LogP contribution in [0.4, 0.5) is 14.8 Å². The maximum absolute atomic E-state index is 13.3. The first-order valence-electron chi connectivity index (χ1n) is 5.21. The summed E-state index contributed by atoms with van der Waals surface area (Å²) in [5.74, 6) is -0.748. The number of nitrogens with zero attached hydrogens (tertiary/aromatic N) is 2. The Hall–Kier alpha value is -1.69. The average Bonchev–Trinajstić information content (AvgIpc) is 2.79. The quantitative estimate of drug-likeness (QED) is 0.869. The van der Waals surface area contributed by atoms with Crippen LogP contribution in [0.5, 0.6) is 0 Å². The van der Waals surface area contributed by atoms with Crippen LogP contribution in [0, 0.1) is 11.6 Å². The fraction of sp³-hybridized carbons (Fsp3) is 0.273. The average molecular weight is 274 g/mol. The molecule has 0 bridgehead atoms. The smallest absolute Gasteiger partial charge is 0.315 e. The summed E-state index contributed by atoms with van der Waals surface area (Å²) in [6.45, 7) is 1.73. The molecule has 96 valence electrons. The predicted molar refractivity (Wildman–Crippen MR) is 62.3 cm³/mol. The Morgan fingerprint density at radius 1 is 1.39 bits per heavy atom.